The molecule has 0 radical (unpaired) electrons. The van der Waals surface area contributed by atoms with Crippen molar-refractivity contribution in [1.82, 2.24) is 5.32 Å². The molecular weight excluding hydrogens is 339 g/mol. The largest absolute Gasteiger partial charge is 0.444 e. The van der Waals surface area contributed by atoms with Gasteiger partial charge in [0.1, 0.15) is 18.0 Å². The van der Waals surface area contributed by atoms with Gasteiger partial charge in [0, 0.05) is 18.8 Å². The standard InChI is InChI=1S/C16H22ClFN2O4/c1-16(2,3)24-15(22)19-7-4-8-23-10-14(21)20-11-5-6-13(18)12(17)9-11/h5-6,9H,4,7-8,10H2,1-3H3,(H,19,22)(H,20,21). The highest BCUT2D eigenvalue weighted by atomic mass is 35.5. The Bertz CT molecular complexity index is 576. The van der Waals surface area contributed by atoms with Crippen molar-refractivity contribution in [2.45, 2.75) is 32.8 Å². The van der Waals surface area contributed by atoms with Gasteiger partial charge in [-0.15, -0.1) is 0 Å². The lowest BCUT2D eigenvalue weighted by atomic mass is 10.2. The molecule has 0 aliphatic carbocycles. The molecule has 8 heteroatoms. The maximum absolute atomic E-state index is 13.0. The Kier molecular flexibility index (Phi) is 7.94. The summed E-state index contributed by atoms with van der Waals surface area (Å²) in [5.74, 6) is -0.929. The first-order chi connectivity index (χ1) is 11.2. The van der Waals surface area contributed by atoms with Crippen LogP contribution in [0.1, 0.15) is 27.2 Å². The summed E-state index contributed by atoms with van der Waals surface area (Å²) < 4.78 is 23.3. The first-order valence-electron chi connectivity index (χ1n) is 7.47. The molecule has 0 spiro atoms. The highest BCUT2D eigenvalue weighted by Crippen LogP contribution is 2.19. The molecule has 0 aliphatic heterocycles. The van der Waals surface area contributed by atoms with Crippen molar-refractivity contribution in [3.8, 4) is 0 Å². The molecule has 1 aromatic carbocycles. The molecule has 134 valence electrons. The fourth-order valence-electron chi connectivity index (χ4n) is 1.61. The van der Waals surface area contributed by atoms with E-state index in [9.17, 15) is 14.0 Å². The van der Waals surface area contributed by atoms with Gasteiger partial charge in [0.2, 0.25) is 5.91 Å². The molecule has 0 heterocycles. The van der Waals surface area contributed by atoms with E-state index in [-0.39, 0.29) is 17.5 Å². The number of rotatable bonds is 7. The zero-order valence-electron chi connectivity index (χ0n) is 13.9. The Morgan fingerprint density at radius 2 is 2.00 bits per heavy atom. The zero-order chi connectivity index (χ0) is 18.2. The van der Waals surface area contributed by atoms with Gasteiger partial charge in [-0.05, 0) is 45.4 Å². The maximum Gasteiger partial charge on any atom is 0.407 e. The van der Waals surface area contributed by atoms with Crippen LogP contribution >= 0.6 is 11.6 Å². The first kappa shape index (κ1) is 20.2. The molecule has 0 atom stereocenters. The van der Waals surface area contributed by atoms with E-state index in [0.717, 1.165) is 0 Å². The lowest BCUT2D eigenvalue weighted by molar-refractivity contribution is -0.120. The van der Waals surface area contributed by atoms with Crippen LogP contribution in [0.25, 0.3) is 0 Å². The highest BCUT2D eigenvalue weighted by Gasteiger charge is 2.15. The molecule has 1 aromatic rings. The number of hydrogen-bond donors (Lipinski definition) is 2. The molecular formula is C16H22ClFN2O4. The van der Waals surface area contributed by atoms with E-state index in [1.165, 1.54) is 18.2 Å². The van der Waals surface area contributed by atoms with E-state index < -0.39 is 17.5 Å². The van der Waals surface area contributed by atoms with Gasteiger partial charge in [-0.25, -0.2) is 9.18 Å². The van der Waals surface area contributed by atoms with Crippen LogP contribution in [-0.4, -0.2) is 37.4 Å². The number of carbonyl (C=O) groups excluding carboxylic acids is 2. The number of carbonyl (C=O) groups is 2. The second kappa shape index (κ2) is 9.44. The molecule has 0 aromatic heterocycles. The Labute approximate surface area is 145 Å². The predicted octanol–water partition coefficient (Wildman–Crippen LogP) is 3.35. The molecule has 6 nitrogen and oxygen atoms in total. The first-order valence-corrected chi connectivity index (χ1v) is 7.84. The molecule has 2 amide bonds. The molecule has 0 bridgehead atoms. The minimum atomic E-state index is -0.552. The third-order valence-corrected chi connectivity index (χ3v) is 2.86. The van der Waals surface area contributed by atoms with Gasteiger partial charge >= 0.3 is 6.09 Å². The fraction of sp³-hybridized carbons (Fsp3) is 0.500. The summed E-state index contributed by atoms with van der Waals surface area (Å²) in [6.07, 6.45) is 0.0444. The van der Waals surface area contributed by atoms with Crippen LogP contribution in [0.4, 0.5) is 14.9 Å². The van der Waals surface area contributed by atoms with Crippen LogP contribution in [0.5, 0.6) is 0 Å². The Morgan fingerprint density at radius 1 is 1.29 bits per heavy atom. The summed E-state index contributed by atoms with van der Waals surface area (Å²) in [4.78, 5) is 23.0. The highest BCUT2D eigenvalue weighted by molar-refractivity contribution is 6.31. The summed E-state index contributed by atoms with van der Waals surface area (Å²) >= 11 is 5.62. The summed E-state index contributed by atoms with van der Waals surface area (Å²) in [6.45, 7) is 5.87. The number of anilines is 1. The fourth-order valence-corrected chi connectivity index (χ4v) is 1.80. The number of halogens is 2. The monoisotopic (exact) mass is 360 g/mol. The molecule has 0 saturated heterocycles. The van der Waals surface area contributed by atoms with Crippen LogP contribution in [-0.2, 0) is 14.3 Å². The van der Waals surface area contributed by atoms with E-state index in [4.69, 9.17) is 21.1 Å². The summed E-state index contributed by atoms with van der Waals surface area (Å²) in [6, 6.07) is 3.89. The van der Waals surface area contributed by atoms with Crippen molar-refractivity contribution < 1.29 is 23.5 Å². The number of benzene rings is 1. The Balaban J connectivity index is 2.13. The predicted molar refractivity (Wildman–Crippen MR) is 89.7 cm³/mol. The molecule has 0 fully saturated rings. The minimum absolute atomic E-state index is 0.0677. The van der Waals surface area contributed by atoms with Gasteiger partial charge in [0.05, 0.1) is 5.02 Å². The van der Waals surface area contributed by atoms with Gasteiger partial charge in [0.15, 0.2) is 0 Å². The minimum Gasteiger partial charge on any atom is -0.444 e. The van der Waals surface area contributed by atoms with Crippen molar-refractivity contribution in [3.05, 3.63) is 29.0 Å². The normalized spacial score (nSPS) is 11.0. The van der Waals surface area contributed by atoms with Crippen molar-refractivity contribution in [1.29, 1.82) is 0 Å². The Morgan fingerprint density at radius 3 is 2.62 bits per heavy atom. The van der Waals surface area contributed by atoms with Gasteiger partial charge in [0.25, 0.3) is 0 Å². The zero-order valence-corrected chi connectivity index (χ0v) is 14.7. The van der Waals surface area contributed by atoms with Crippen molar-refractivity contribution in [3.63, 3.8) is 0 Å². The van der Waals surface area contributed by atoms with Crippen LogP contribution in [0.3, 0.4) is 0 Å². The van der Waals surface area contributed by atoms with Gasteiger partial charge in [-0.1, -0.05) is 11.6 Å². The van der Waals surface area contributed by atoms with Crippen LogP contribution < -0.4 is 10.6 Å². The number of hydrogen-bond acceptors (Lipinski definition) is 4. The SMILES string of the molecule is CC(C)(C)OC(=O)NCCCOCC(=O)Nc1ccc(F)c(Cl)c1. The van der Waals surface area contributed by atoms with E-state index >= 15 is 0 Å². The van der Waals surface area contributed by atoms with Gasteiger partial charge < -0.3 is 20.1 Å². The molecule has 24 heavy (non-hydrogen) atoms. The number of ether oxygens (including phenoxy) is 2. The smallest absolute Gasteiger partial charge is 0.407 e. The molecule has 1 rings (SSSR count). The number of alkyl carbamates (subject to hydrolysis) is 1. The lowest BCUT2D eigenvalue weighted by Gasteiger charge is -2.19. The van der Waals surface area contributed by atoms with Crippen LogP contribution in [0, 0.1) is 5.82 Å². The average molecular weight is 361 g/mol. The molecule has 0 unspecified atom stereocenters. The second-order valence-corrected chi connectivity index (χ2v) is 6.42. The van der Waals surface area contributed by atoms with E-state index in [2.05, 4.69) is 10.6 Å². The lowest BCUT2D eigenvalue weighted by Crippen LogP contribution is -2.33. The summed E-state index contributed by atoms with van der Waals surface area (Å²) in [7, 11) is 0. The van der Waals surface area contributed by atoms with Crippen molar-refractivity contribution in [2.24, 2.45) is 0 Å². The average Bonchev–Trinajstić information content (AvgIpc) is 2.44. The topological polar surface area (TPSA) is 76.7 Å². The quantitative estimate of drug-likeness (QED) is 0.731. The summed E-state index contributed by atoms with van der Waals surface area (Å²) in [5.41, 5.74) is -0.149. The van der Waals surface area contributed by atoms with Crippen molar-refractivity contribution in [2.75, 3.05) is 25.1 Å². The van der Waals surface area contributed by atoms with E-state index in [1.54, 1.807) is 20.8 Å². The van der Waals surface area contributed by atoms with E-state index in [1.807, 2.05) is 0 Å². The van der Waals surface area contributed by atoms with Gasteiger partial charge in [-0.2, -0.15) is 0 Å². The van der Waals surface area contributed by atoms with Crippen LogP contribution in [0.2, 0.25) is 5.02 Å². The maximum atomic E-state index is 13.0. The second-order valence-electron chi connectivity index (χ2n) is 6.01. The van der Waals surface area contributed by atoms with Crippen molar-refractivity contribution >= 4 is 29.3 Å². The Hall–Kier alpha value is -1.86. The van der Waals surface area contributed by atoms with Crippen LogP contribution in [0.15, 0.2) is 18.2 Å². The third kappa shape index (κ3) is 8.69. The molecule has 2 N–H and O–H groups in total. The number of amides is 2. The third-order valence-electron chi connectivity index (χ3n) is 2.57. The molecule has 0 aliphatic rings. The molecule has 0 saturated carbocycles. The van der Waals surface area contributed by atoms with Gasteiger partial charge in [-0.3, -0.25) is 4.79 Å². The summed E-state index contributed by atoms with van der Waals surface area (Å²) in [5, 5.41) is 5.06. The van der Waals surface area contributed by atoms with E-state index in [0.29, 0.717) is 25.3 Å². The number of nitrogens with one attached hydrogen (secondary N) is 2.